The number of hydrogen-bond donors (Lipinski definition) is 2. The number of fused-ring (bicyclic) bond motifs is 2. The van der Waals surface area contributed by atoms with Crippen LogP contribution in [0.5, 0.6) is 0 Å². The maximum absolute atomic E-state index is 6.15. The van der Waals surface area contributed by atoms with Crippen LogP contribution in [0.25, 0.3) is 0 Å². The summed E-state index contributed by atoms with van der Waals surface area (Å²) in [4.78, 5) is 4.95. The smallest absolute Gasteiger partial charge is 0.191 e. The molecule has 168 valence electrons. The number of ether oxygens (including phenoxy) is 2. The lowest BCUT2D eigenvalue weighted by molar-refractivity contribution is -0.125. The van der Waals surface area contributed by atoms with Gasteiger partial charge in [0.05, 0.1) is 25.0 Å². The van der Waals surface area contributed by atoms with Gasteiger partial charge in [0.15, 0.2) is 5.96 Å². The molecule has 2 aliphatic carbocycles. The number of nitrogens with one attached hydrogen (secondary N) is 2. The normalized spacial score (nSPS) is 32.3. The average Bonchev–Trinajstić information content (AvgIpc) is 3.51. The van der Waals surface area contributed by atoms with Gasteiger partial charge < -0.3 is 24.5 Å². The van der Waals surface area contributed by atoms with Crippen molar-refractivity contribution in [3.8, 4) is 0 Å². The Bertz CT molecular complexity index is 684. The van der Waals surface area contributed by atoms with Crippen molar-refractivity contribution in [3.05, 3.63) is 24.2 Å². The Morgan fingerprint density at radius 1 is 1.10 bits per heavy atom. The fourth-order valence-corrected chi connectivity index (χ4v) is 6.11. The van der Waals surface area contributed by atoms with E-state index >= 15 is 0 Å². The lowest BCUT2D eigenvalue weighted by Gasteiger charge is -2.57. The van der Waals surface area contributed by atoms with Gasteiger partial charge in [-0.1, -0.05) is 12.8 Å². The molecule has 5 rings (SSSR count). The van der Waals surface area contributed by atoms with Gasteiger partial charge in [0.2, 0.25) is 0 Å². The topological polar surface area (TPSA) is 68.0 Å². The summed E-state index contributed by atoms with van der Waals surface area (Å²) >= 11 is 0. The van der Waals surface area contributed by atoms with E-state index in [9.17, 15) is 0 Å². The fraction of sp³-hybridized carbons (Fsp3) is 0.783. The van der Waals surface area contributed by atoms with E-state index in [1.165, 1.54) is 44.9 Å². The van der Waals surface area contributed by atoms with E-state index in [-0.39, 0.29) is 30.1 Å². The summed E-state index contributed by atoms with van der Waals surface area (Å²) in [5.41, 5.74) is 0.325. The second kappa shape index (κ2) is 10.2. The summed E-state index contributed by atoms with van der Waals surface area (Å²) in [5, 5.41) is 7.42. The Hall–Kier alpha value is -0.800. The van der Waals surface area contributed by atoms with Crippen molar-refractivity contribution in [2.45, 2.75) is 76.0 Å². The summed E-state index contributed by atoms with van der Waals surface area (Å²) < 4.78 is 17.5. The minimum atomic E-state index is 0. The number of hydrogen-bond acceptors (Lipinski definition) is 4. The van der Waals surface area contributed by atoms with E-state index in [1.54, 1.807) is 6.26 Å². The summed E-state index contributed by atoms with van der Waals surface area (Å²) in [6.45, 7) is 3.35. The molecular weight excluding hydrogens is 493 g/mol. The molecule has 2 saturated carbocycles. The molecule has 4 unspecified atom stereocenters. The number of guanidine groups is 1. The van der Waals surface area contributed by atoms with E-state index in [0.717, 1.165) is 50.9 Å². The van der Waals surface area contributed by atoms with Crippen molar-refractivity contribution in [2.75, 3.05) is 26.3 Å². The molecule has 0 bridgehead atoms. The highest BCUT2D eigenvalue weighted by Crippen LogP contribution is 2.60. The first kappa shape index (κ1) is 22.4. The molecule has 0 aromatic carbocycles. The molecule has 6 nitrogen and oxygen atoms in total. The molecule has 0 amide bonds. The standard InChI is InChI=1S/C23H35N3O3.HI/c1-4-13-28-18(6-1)16-25-22(24-12-8-17-7-5-14-27-17)26-20-19-9-15-29-21(19)23(20)10-2-3-11-23;/h5,7,14,18-21H,1-4,6,8-13,15-16H2,(H2,24,25,26);1H. The SMILES string of the molecule is I.c1coc(CCNC(=NCC2CCCCO2)NC2C3CCOC3C23CCCC3)c1. The Morgan fingerprint density at radius 3 is 2.77 bits per heavy atom. The van der Waals surface area contributed by atoms with Crippen LogP contribution in [0.3, 0.4) is 0 Å². The Balaban J connectivity index is 0.00000218. The van der Waals surface area contributed by atoms with Gasteiger partial charge in [-0.05, 0) is 50.7 Å². The second-order valence-electron chi connectivity index (χ2n) is 9.24. The van der Waals surface area contributed by atoms with Crippen LogP contribution in [0.4, 0.5) is 0 Å². The third kappa shape index (κ3) is 4.53. The number of halogens is 1. The zero-order valence-electron chi connectivity index (χ0n) is 17.8. The summed E-state index contributed by atoms with van der Waals surface area (Å²) in [7, 11) is 0. The van der Waals surface area contributed by atoms with Gasteiger partial charge in [0, 0.05) is 43.6 Å². The van der Waals surface area contributed by atoms with Gasteiger partial charge in [-0.25, -0.2) is 0 Å². The molecule has 30 heavy (non-hydrogen) atoms. The van der Waals surface area contributed by atoms with Crippen LogP contribution < -0.4 is 10.6 Å². The van der Waals surface area contributed by atoms with Crippen LogP contribution in [0.2, 0.25) is 0 Å². The largest absolute Gasteiger partial charge is 0.469 e. The van der Waals surface area contributed by atoms with Crippen molar-refractivity contribution in [1.82, 2.24) is 10.6 Å². The fourth-order valence-electron chi connectivity index (χ4n) is 6.11. The van der Waals surface area contributed by atoms with Crippen LogP contribution >= 0.6 is 24.0 Å². The van der Waals surface area contributed by atoms with Gasteiger partial charge in [-0.3, -0.25) is 4.99 Å². The minimum Gasteiger partial charge on any atom is -0.469 e. The molecular formula is C23H36IN3O3. The first-order valence-electron chi connectivity index (χ1n) is 11.7. The van der Waals surface area contributed by atoms with Crippen LogP contribution in [0.15, 0.2) is 27.8 Å². The van der Waals surface area contributed by atoms with Crippen molar-refractivity contribution in [3.63, 3.8) is 0 Å². The molecule has 3 heterocycles. The zero-order chi connectivity index (χ0) is 19.5. The van der Waals surface area contributed by atoms with Crippen molar-refractivity contribution in [1.29, 1.82) is 0 Å². The van der Waals surface area contributed by atoms with Gasteiger partial charge in [-0.15, -0.1) is 24.0 Å². The second-order valence-corrected chi connectivity index (χ2v) is 9.24. The van der Waals surface area contributed by atoms with Gasteiger partial charge in [0.25, 0.3) is 0 Å². The number of nitrogens with zero attached hydrogens (tertiary/aromatic N) is 1. The van der Waals surface area contributed by atoms with E-state index in [2.05, 4.69) is 10.6 Å². The van der Waals surface area contributed by atoms with E-state index in [0.29, 0.717) is 23.5 Å². The lowest BCUT2D eigenvalue weighted by Crippen LogP contribution is -2.69. The molecule has 2 saturated heterocycles. The maximum atomic E-state index is 6.15. The third-order valence-corrected chi connectivity index (χ3v) is 7.55. The molecule has 1 aromatic heterocycles. The predicted octanol–water partition coefficient (Wildman–Crippen LogP) is 3.89. The van der Waals surface area contributed by atoms with Gasteiger partial charge in [0.1, 0.15) is 5.76 Å². The molecule has 2 aliphatic heterocycles. The summed E-state index contributed by atoms with van der Waals surface area (Å²) in [5.74, 6) is 2.58. The summed E-state index contributed by atoms with van der Waals surface area (Å²) in [6, 6.07) is 4.46. The number of aliphatic imine (C=N–C) groups is 1. The quantitative estimate of drug-likeness (QED) is 0.333. The van der Waals surface area contributed by atoms with Crippen molar-refractivity contribution >= 4 is 29.9 Å². The minimum absolute atomic E-state index is 0. The van der Waals surface area contributed by atoms with Crippen molar-refractivity contribution in [2.24, 2.45) is 16.3 Å². The Morgan fingerprint density at radius 2 is 2.00 bits per heavy atom. The molecule has 1 spiro atoms. The first-order chi connectivity index (χ1) is 14.4. The van der Waals surface area contributed by atoms with E-state index < -0.39 is 0 Å². The molecule has 1 aromatic rings. The van der Waals surface area contributed by atoms with Gasteiger partial charge in [-0.2, -0.15) is 0 Å². The zero-order valence-corrected chi connectivity index (χ0v) is 20.1. The van der Waals surface area contributed by atoms with Crippen LogP contribution in [-0.4, -0.2) is 50.5 Å². The lowest BCUT2D eigenvalue weighted by atomic mass is 9.54. The first-order valence-corrected chi connectivity index (χ1v) is 11.7. The molecule has 2 N–H and O–H groups in total. The summed E-state index contributed by atoms with van der Waals surface area (Å²) in [6.07, 6.45) is 13.3. The van der Waals surface area contributed by atoms with Crippen LogP contribution in [0.1, 0.15) is 57.1 Å². The van der Waals surface area contributed by atoms with E-state index in [4.69, 9.17) is 18.9 Å². The highest BCUT2D eigenvalue weighted by Gasteiger charge is 2.65. The van der Waals surface area contributed by atoms with E-state index in [1.807, 2.05) is 12.1 Å². The molecule has 4 aliphatic rings. The number of furan rings is 1. The van der Waals surface area contributed by atoms with Crippen molar-refractivity contribution < 1.29 is 13.9 Å². The monoisotopic (exact) mass is 529 g/mol. The molecule has 7 heteroatoms. The maximum Gasteiger partial charge on any atom is 0.191 e. The number of rotatable bonds is 6. The molecule has 0 radical (unpaired) electrons. The molecule has 4 atom stereocenters. The highest BCUT2D eigenvalue weighted by atomic mass is 127. The van der Waals surface area contributed by atoms with Gasteiger partial charge >= 0.3 is 0 Å². The third-order valence-electron chi connectivity index (χ3n) is 7.55. The molecule has 4 fully saturated rings. The van der Waals surface area contributed by atoms with Crippen LogP contribution in [-0.2, 0) is 15.9 Å². The highest BCUT2D eigenvalue weighted by molar-refractivity contribution is 14.0. The predicted molar refractivity (Wildman–Crippen MR) is 127 cm³/mol. The Kier molecular flexibility index (Phi) is 7.62. The average molecular weight is 529 g/mol. The Labute approximate surface area is 197 Å². The van der Waals surface area contributed by atoms with Crippen LogP contribution in [0, 0.1) is 11.3 Å².